The summed E-state index contributed by atoms with van der Waals surface area (Å²) in [6.07, 6.45) is 3.48. The van der Waals surface area contributed by atoms with Crippen LogP contribution in [-0.4, -0.2) is 23.8 Å². The third-order valence-corrected chi connectivity index (χ3v) is 5.99. The summed E-state index contributed by atoms with van der Waals surface area (Å²) in [5, 5.41) is 4.92. The number of methoxy groups -OCH3 is 2. The lowest BCUT2D eigenvalue weighted by molar-refractivity contribution is 0.356. The van der Waals surface area contributed by atoms with Gasteiger partial charge < -0.3 is 14.8 Å². The Morgan fingerprint density at radius 1 is 0.886 bits per heavy atom. The van der Waals surface area contributed by atoms with Crippen molar-refractivity contribution in [1.82, 2.24) is 9.55 Å². The molecule has 0 radical (unpaired) electrons. The van der Waals surface area contributed by atoms with Crippen molar-refractivity contribution in [2.45, 2.75) is 0 Å². The third-order valence-electron chi connectivity index (χ3n) is 5.76. The Hall–Kier alpha value is -4.29. The van der Waals surface area contributed by atoms with Gasteiger partial charge in [0.05, 0.1) is 25.4 Å². The average Bonchev–Trinajstić information content (AvgIpc) is 2.89. The van der Waals surface area contributed by atoms with E-state index in [0.29, 0.717) is 22.1 Å². The van der Waals surface area contributed by atoms with Gasteiger partial charge in [-0.05, 0) is 60.2 Å². The van der Waals surface area contributed by atoms with E-state index in [0.717, 1.165) is 33.5 Å². The minimum atomic E-state index is -0.114. The van der Waals surface area contributed by atoms with E-state index in [9.17, 15) is 4.79 Å². The summed E-state index contributed by atoms with van der Waals surface area (Å²) < 4.78 is 12.4. The van der Waals surface area contributed by atoms with E-state index in [1.54, 1.807) is 43.3 Å². The molecule has 0 aliphatic heterocycles. The fraction of sp³-hybridized carbons (Fsp3) is 0.0714. The fourth-order valence-electron chi connectivity index (χ4n) is 4.01. The molecule has 5 aromatic rings. The number of nitrogens with zero attached hydrogens (tertiary/aromatic N) is 2. The largest absolute Gasteiger partial charge is 0.493 e. The van der Waals surface area contributed by atoms with Crippen molar-refractivity contribution < 1.29 is 9.47 Å². The molecule has 0 saturated heterocycles. The number of ether oxygens (including phenoxy) is 2. The summed E-state index contributed by atoms with van der Waals surface area (Å²) in [5.41, 5.74) is 4.58. The van der Waals surface area contributed by atoms with Gasteiger partial charge in [-0.15, -0.1) is 0 Å². The standard InChI is InChI=1S/C28H22ClN3O3/c1-34-26-16-23-24(12-13-30-25(23)17-27(26)35-2)31-20-10-8-18(9-11-20)22-7-4-14-32(28(22)33)21-6-3-5-19(29)15-21/h3-17H,1-2H3,(H,30,31). The van der Waals surface area contributed by atoms with Gasteiger partial charge in [0.25, 0.3) is 5.56 Å². The lowest BCUT2D eigenvalue weighted by Gasteiger charge is -2.13. The van der Waals surface area contributed by atoms with E-state index in [4.69, 9.17) is 21.1 Å². The number of benzene rings is 3. The molecule has 35 heavy (non-hydrogen) atoms. The number of fused-ring (bicyclic) bond motifs is 1. The number of rotatable bonds is 6. The van der Waals surface area contributed by atoms with Crippen LogP contribution in [-0.2, 0) is 0 Å². The quantitative estimate of drug-likeness (QED) is 0.300. The molecule has 0 fully saturated rings. The minimum absolute atomic E-state index is 0.114. The maximum Gasteiger partial charge on any atom is 0.262 e. The number of nitrogens with one attached hydrogen (secondary N) is 1. The first-order valence-electron chi connectivity index (χ1n) is 10.9. The highest BCUT2D eigenvalue weighted by Crippen LogP contribution is 2.35. The highest BCUT2D eigenvalue weighted by atomic mass is 35.5. The van der Waals surface area contributed by atoms with Gasteiger partial charge in [0.2, 0.25) is 0 Å². The van der Waals surface area contributed by atoms with Crippen LogP contribution in [0.5, 0.6) is 11.5 Å². The zero-order chi connectivity index (χ0) is 24.4. The van der Waals surface area contributed by atoms with E-state index in [-0.39, 0.29) is 5.56 Å². The van der Waals surface area contributed by atoms with Gasteiger partial charge >= 0.3 is 0 Å². The van der Waals surface area contributed by atoms with Gasteiger partial charge in [0.15, 0.2) is 11.5 Å². The van der Waals surface area contributed by atoms with Crippen molar-refractivity contribution in [3.8, 4) is 28.3 Å². The molecule has 5 rings (SSSR count). The smallest absolute Gasteiger partial charge is 0.262 e. The van der Waals surface area contributed by atoms with Crippen molar-refractivity contribution >= 4 is 33.9 Å². The number of halogens is 1. The molecule has 3 aromatic carbocycles. The molecule has 1 N–H and O–H groups in total. The van der Waals surface area contributed by atoms with E-state index in [1.807, 2.05) is 66.7 Å². The van der Waals surface area contributed by atoms with Gasteiger partial charge in [-0.3, -0.25) is 14.3 Å². The highest BCUT2D eigenvalue weighted by molar-refractivity contribution is 6.30. The number of aromatic nitrogens is 2. The SMILES string of the molecule is COc1cc2nccc(Nc3ccc(-c4cccn(-c5cccc(Cl)c5)c4=O)cc3)c2cc1OC. The second-order valence-electron chi connectivity index (χ2n) is 7.86. The minimum Gasteiger partial charge on any atom is -0.493 e. The highest BCUT2D eigenvalue weighted by Gasteiger charge is 2.11. The van der Waals surface area contributed by atoms with Gasteiger partial charge in [0, 0.05) is 45.8 Å². The zero-order valence-corrected chi connectivity index (χ0v) is 19.9. The summed E-state index contributed by atoms with van der Waals surface area (Å²) in [6.45, 7) is 0. The predicted octanol–water partition coefficient (Wildman–Crippen LogP) is 6.47. The summed E-state index contributed by atoms with van der Waals surface area (Å²) >= 11 is 6.12. The molecule has 2 heterocycles. The van der Waals surface area contributed by atoms with Gasteiger partial charge in [-0.1, -0.05) is 29.8 Å². The Morgan fingerprint density at radius 2 is 1.66 bits per heavy atom. The molecule has 0 bridgehead atoms. The molecule has 0 aliphatic rings. The lowest BCUT2D eigenvalue weighted by Crippen LogP contribution is -2.19. The molecule has 0 spiro atoms. The second kappa shape index (κ2) is 9.52. The van der Waals surface area contributed by atoms with Crippen molar-refractivity contribution in [3.05, 3.63) is 107 Å². The van der Waals surface area contributed by atoms with Crippen LogP contribution in [0, 0.1) is 0 Å². The number of hydrogen-bond acceptors (Lipinski definition) is 5. The molecule has 7 heteroatoms. The van der Waals surface area contributed by atoms with E-state index in [1.165, 1.54) is 0 Å². The Bertz CT molecular complexity index is 1580. The van der Waals surface area contributed by atoms with Crippen LogP contribution in [0.2, 0.25) is 5.02 Å². The molecule has 6 nitrogen and oxygen atoms in total. The van der Waals surface area contributed by atoms with Crippen LogP contribution < -0.4 is 20.3 Å². The third kappa shape index (κ3) is 4.44. The predicted molar refractivity (Wildman–Crippen MR) is 141 cm³/mol. The maximum atomic E-state index is 13.2. The molecule has 0 atom stereocenters. The molecule has 0 amide bonds. The van der Waals surface area contributed by atoms with Gasteiger partial charge in [-0.2, -0.15) is 0 Å². The molecular formula is C28H22ClN3O3. The van der Waals surface area contributed by atoms with Crippen LogP contribution in [0.15, 0.2) is 96.1 Å². The number of pyridine rings is 2. The average molecular weight is 484 g/mol. The molecule has 0 aliphatic carbocycles. The fourth-order valence-corrected chi connectivity index (χ4v) is 4.20. The van der Waals surface area contributed by atoms with Crippen molar-refractivity contribution in [3.63, 3.8) is 0 Å². The first-order chi connectivity index (χ1) is 17.1. The number of hydrogen-bond donors (Lipinski definition) is 1. The van der Waals surface area contributed by atoms with Crippen molar-refractivity contribution in [1.29, 1.82) is 0 Å². The molecule has 174 valence electrons. The van der Waals surface area contributed by atoms with E-state index >= 15 is 0 Å². The monoisotopic (exact) mass is 483 g/mol. The lowest BCUT2D eigenvalue weighted by atomic mass is 10.1. The Kier molecular flexibility index (Phi) is 6.12. The van der Waals surface area contributed by atoms with Crippen LogP contribution in [0.4, 0.5) is 11.4 Å². The first kappa shape index (κ1) is 22.5. The normalized spacial score (nSPS) is 10.8. The Balaban J connectivity index is 1.46. The molecular weight excluding hydrogens is 462 g/mol. The van der Waals surface area contributed by atoms with Crippen LogP contribution >= 0.6 is 11.6 Å². The van der Waals surface area contributed by atoms with Gasteiger partial charge in [0.1, 0.15) is 0 Å². The Labute approximate surface area is 207 Å². The summed E-state index contributed by atoms with van der Waals surface area (Å²) in [5.74, 6) is 1.26. The Morgan fingerprint density at radius 3 is 2.40 bits per heavy atom. The van der Waals surface area contributed by atoms with E-state index < -0.39 is 0 Å². The van der Waals surface area contributed by atoms with Crippen LogP contribution in [0.3, 0.4) is 0 Å². The first-order valence-corrected chi connectivity index (χ1v) is 11.3. The molecule has 2 aromatic heterocycles. The summed E-state index contributed by atoms with van der Waals surface area (Å²) in [4.78, 5) is 17.6. The van der Waals surface area contributed by atoms with Crippen LogP contribution in [0.25, 0.3) is 27.7 Å². The van der Waals surface area contributed by atoms with Gasteiger partial charge in [-0.25, -0.2) is 0 Å². The summed E-state index contributed by atoms with van der Waals surface area (Å²) in [6, 6.07) is 24.3. The second-order valence-corrected chi connectivity index (χ2v) is 8.30. The topological polar surface area (TPSA) is 65.4 Å². The zero-order valence-electron chi connectivity index (χ0n) is 19.2. The van der Waals surface area contributed by atoms with Crippen molar-refractivity contribution in [2.24, 2.45) is 0 Å². The molecule has 0 unspecified atom stereocenters. The van der Waals surface area contributed by atoms with Crippen molar-refractivity contribution in [2.75, 3.05) is 19.5 Å². The maximum absolute atomic E-state index is 13.2. The van der Waals surface area contributed by atoms with E-state index in [2.05, 4.69) is 10.3 Å². The summed E-state index contributed by atoms with van der Waals surface area (Å²) in [7, 11) is 3.21. The van der Waals surface area contributed by atoms with Crippen LogP contribution in [0.1, 0.15) is 0 Å². The molecule has 0 saturated carbocycles. The number of anilines is 2.